The monoisotopic (exact) mass is 293 g/mol. The summed E-state index contributed by atoms with van der Waals surface area (Å²) in [6, 6.07) is 5.74. The normalized spacial score (nSPS) is 23.1. The van der Waals surface area contributed by atoms with Crippen LogP contribution in [0.1, 0.15) is 52.0 Å². The summed E-state index contributed by atoms with van der Waals surface area (Å²) in [6.07, 6.45) is 5.14. The lowest BCUT2D eigenvalue weighted by Crippen LogP contribution is -2.43. The third kappa shape index (κ3) is 4.19. The van der Waals surface area contributed by atoms with E-state index in [-0.39, 0.29) is 5.82 Å². The highest BCUT2D eigenvalue weighted by Gasteiger charge is 2.33. The molecule has 0 spiro atoms. The van der Waals surface area contributed by atoms with E-state index in [9.17, 15) is 4.39 Å². The standard InChI is InChI=1S/C18H28FNO/c1-18(2,3)14-7-5-6-8-16(14)20-12-13-9-10-17(21-4)15(19)11-13/h9-11,14,16,20H,5-8,12H2,1-4H3. The SMILES string of the molecule is COc1ccc(CNC2CCCCC2C(C)(C)C)cc1F. The zero-order valence-electron chi connectivity index (χ0n) is 13.7. The molecule has 0 bridgehead atoms. The van der Waals surface area contributed by atoms with Crippen molar-refractivity contribution in [2.24, 2.45) is 11.3 Å². The lowest BCUT2D eigenvalue weighted by Gasteiger charge is -2.41. The minimum absolute atomic E-state index is 0.284. The van der Waals surface area contributed by atoms with Crippen LogP contribution in [0, 0.1) is 17.2 Å². The van der Waals surface area contributed by atoms with Crippen molar-refractivity contribution in [2.45, 2.75) is 59.0 Å². The maximum Gasteiger partial charge on any atom is 0.165 e. The Hall–Kier alpha value is -1.09. The van der Waals surface area contributed by atoms with Crippen LogP contribution in [0.5, 0.6) is 5.75 Å². The summed E-state index contributed by atoms with van der Waals surface area (Å²) in [5.74, 6) is 0.714. The van der Waals surface area contributed by atoms with E-state index in [2.05, 4.69) is 26.1 Å². The summed E-state index contributed by atoms with van der Waals surface area (Å²) < 4.78 is 18.7. The Morgan fingerprint density at radius 1 is 1.24 bits per heavy atom. The van der Waals surface area contributed by atoms with Gasteiger partial charge >= 0.3 is 0 Å². The second-order valence-corrected chi connectivity index (χ2v) is 7.21. The van der Waals surface area contributed by atoms with Crippen molar-refractivity contribution in [1.82, 2.24) is 5.32 Å². The molecule has 21 heavy (non-hydrogen) atoms. The average molecular weight is 293 g/mol. The van der Waals surface area contributed by atoms with Crippen molar-refractivity contribution < 1.29 is 9.13 Å². The van der Waals surface area contributed by atoms with E-state index >= 15 is 0 Å². The minimum Gasteiger partial charge on any atom is -0.494 e. The van der Waals surface area contributed by atoms with Crippen molar-refractivity contribution in [3.63, 3.8) is 0 Å². The topological polar surface area (TPSA) is 21.3 Å². The molecule has 1 fully saturated rings. The van der Waals surface area contributed by atoms with E-state index < -0.39 is 0 Å². The van der Waals surface area contributed by atoms with Crippen LogP contribution in [-0.2, 0) is 6.54 Å². The van der Waals surface area contributed by atoms with Crippen molar-refractivity contribution in [3.8, 4) is 5.75 Å². The van der Waals surface area contributed by atoms with E-state index in [1.54, 1.807) is 12.1 Å². The van der Waals surface area contributed by atoms with Gasteiger partial charge < -0.3 is 10.1 Å². The molecule has 1 aromatic carbocycles. The lowest BCUT2D eigenvalue weighted by molar-refractivity contribution is 0.130. The van der Waals surface area contributed by atoms with Gasteiger partial charge in [0.25, 0.3) is 0 Å². The van der Waals surface area contributed by atoms with Gasteiger partial charge in [-0.2, -0.15) is 0 Å². The summed E-state index contributed by atoms with van der Waals surface area (Å²) in [5, 5.41) is 3.65. The van der Waals surface area contributed by atoms with Gasteiger partial charge in [0.2, 0.25) is 0 Å². The van der Waals surface area contributed by atoms with Gasteiger partial charge in [0.15, 0.2) is 11.6 Å². The average Bonchev–Trinajstić information content (AvgIpc) is 2.44. The number of hydrogen-bond donors (Lipinski definition) is 1. The summed E-state index contributed by atoms with van der Waals surface area (Å²) in [4.78, 5) is 0. The van der Waals surface area contributed by atoms with E-state index in [0.717, 1.165) is 12.1 Å². The molecule has 1 aliphatic carbocycles. The fourth-order valence-electron chi connectivity index (χ4n) is 3.48. The zero-order valence-corrected chi connectivity index (χ0v) is 13.7. The van der Waals surface area contributed by atoms with Gasteiger partial charge in [-0.3, -0.25) is 0 Å². The Bertz CT molecular complexity index is 467. The first-order chi connectivity index (χ1) is 9.91. The maximum atomic E-state index is 13.7. The molecule has 0 radical (unpaired) electrons. The predicted octanol–water partition coefficient (Wildman–Crippen LogP) is 4.53. The zero-order chi connectivity index (χ0) is 15.5. The van der Waals surface area contributed by atoms with Crippen molar-refractivity contribution in [3.05, 3.63) is 29.6 Å². The Kier molecular flexibility index (Phi) is 5.26. The van der Waals surface area contributed by atoms with Gasteiger partial charge in [-0.15, -0.1) is 0 Å². The van der Waals surface area contributed by atoms with Gasteiger partial charge in [-0.25, -0.2) is 4.39 Å². The minimum atomic E-state index is -0.284. The van der Waals surface area contributed by atoms with Gasteiger partial charge in [-0.05, 0) is 41.9 Å². The quantitative estimate of drug-likeness (QED) is 0.880. The van der Waals surface area contributed by atoms with Crippen LogP contribution in [0.3, 0.4) is 0 Å². The molecule has 1 aliphatic rings. The third-order valence-electron chi connectivity index (χ3n) is 4.66. The van der Waals surface area contributed by atoms with Gasteiger partial charge in [0, 0.05) is 12.6 Å². The molecule has 2 atom stereocenters. The molecular formula is C18H28FNO. The summed E-state index contributed by atoms with van der Waals surface area (Å²) >= 11 is 0. The number of nitrogens with one attached hydrogen (secondary N) is 1. The van der Waals surface area contributed by atoms with Crippen LogP contribution >= 0.6 is 0 Å². The molecule has 1 aromatic rings. The van der Waals surface area contributed by atoms with Crippen molar-refractivity contribution in [1.29, 1.82) is 0 Å². The summed E-state index contributed by atoms with van der Waals surface area (Å²) in [5.41, 5.74) is 1.30. The third-order valence-corrected chi connectivity index (χ3v) is 4.66. The molecule has 2 unspecified atom stereocenters. The molecule has 1 N–H and O–H groups in total. The van der Waals surface area contributed by atoms with Crippen LogP contribution in [0.4, 0.5) is 4.39 Å². The maximum absolute atomic E-state index is 13.7. The van der Waals surface area contributed by atoms with Crippen LogP contribution < -0.4 is 10.1 Å². The second kappa shape index (κ2) is 6.78. The Balaban J connectivity index is 1.99. The molecule has 0 saturated heterocycles. The van der Waals surface area contributed by atoms with E-state index in [4.69, 9.17) is 4.74 Å². The van der Waals surface area contributed by atoms with Crippen LogP contribution in [0.25, 0.3) is 0 Å². The highest BCUT2D eigenvalue weighted by molar-refractivity contribution is 5.29. The van der Waals surface area contributed by atoms with Crippen molar-refractivity contribution in [2.75, 3.05) is 7.11 Å². The molecule has 1 saturated carbocycles. The molecule has 118 valence electrons. The number of rotatable bonds is 4. The largest absolute Gasteiger partial charge is 0.494 e. The fraction of sp³-hybridized carbons (Fsp3) is 0.667. The molecule has 0 heterocycles. The van der Waals surface area contributed by atoms with E-state index in [1.165, 1.54) is 32.8 Å². The summed E-state index contributed by atoms with van der Waals surface area (Å²) in [7, 11) is 1.49. The first-order valence-electron chi connectivity index (χ1n) is 7.97. The predicted molar refractivity (Wildman–Crippen MR) is 85.0 cm³/mol. The molecule has 2 nitrogen and oxygen atoms in total. The number of methoxy groups -OCH3 is 1. The lowest BCUT2D eigenvalue weighted by atomic mass is 9.69. The first-order valence-corrected chi connectivity index (χ1v) is 7.97. The Labute approximate surface area is 128 Å². The molecule has 0 aromatic heterocycles. The van der Waals surface area contributed by atoms with Crippen LogP contribution in [0.15, 0.2) is 18.2 Å². The van der Waals surface area contributed by atoms with Crippen molar-refractivity contribution >= 4 is 0 Å². The summed E-state index contributed by atoms with van der Waals surface area (Å²) in [6.45, 7) is 7.69. The Morgan fingerprint density at radius 2 is 1.95 bits per heavy atom. The number of benzene rings is 1. The van der Waals surface area contributed by atoms with Gasteiger partial charge in [0.1, 0.15) is 0 Å². The second-order valence-electron chi connectivity index (χ2n) is 7.21. The molecule has 3 heteroatoms. The number of ether oxygens (including phenoxy) is 1. The van der Waals surface area contributed by atoms with Gasteiger partial charge in [0.05, 0.1) is 7.11 Å². The Morgan fingerprint density at radius 3 is 2.57 bits per heavy atom. The smallest absolute Gasteiger partial charge is 0.165 e. The van der Waals surface area contributed by atoms with E-state index in [0.29, 0.717) is 23.1 Å². The van der Waals surface area contributed by atoms with Crippen LogP contribution in [0.2, 0.25) is 0 Å². The number of halogens is 1. The molecule has 0 amide bonds. The molecule has 2 rings (SSSR count). The highest BCUT2D eigenvalue weighted by atomic mass is 19.1. The molecule has 0 aliphatic heterocycles. The molecular weight excluding hydrogens is 265 g/mol. The van der Waals surface area contributed by atoms with E-state index in [1.807, 2.05) is 6.07 Å². The highest BCUT2D eigenvalue weighted by Crippen LogP contribution is 2.38. The fourth-order valence-corrected chi connectivity index (χ4v) is 3.48. The first kappa shape index (κ1) is 16.3. The number of hydrogen-bond acceptors (Lipinski definition) is 2. The van der Waals surface area contributed by atoms with Crippen LogP contribution in [-0.4, -0.2) is 13.2 Å². The van der Waals surface area contributed by atoms with Gasteiger partial charge in [-0.1, -0.05) is 39.7 Å².